The first kappa shape index (κ1) is 19.0. The summed E-state index contributed by atoms with van der Waals surface area (Å²) < 4.78 is 15.9. The Morgan fingerprint density at radius 3 is 2.33 bits per heavy atom. The number of hydrogen-bond donors (Lipinski definition) is 2. The van der Waals surface area contributed by atoms with Gasteiger partial charge in [0.25, 0.3) is 0 Å². The molecule has 1 aliphatic rings. The highest BCUT2D eigenvalue weighted by atomic mass is 16.5. The van der Waals surface area contributed by atoms with E-state index in [1.54, 1.807) is 39.5 Å². The quantitative estimate of drug-likeness (QED) is 0.746. The Balaban J connectivity index is 1.69. The number of benzene rings is 2. The number of hydrogen-bond acceptors (Lipinski definition) is 5. The van der Waals surface area contributed by atoms with Crippen LogP contribution in [0.15, 0.2) is 42.5 Å². The Bertz CT molecular complexity index is 816. The minimum atomic E-state index is -0.845. The van der Waals surface area contributed by atoms with Crippen LogP contribution in [-0.2, 0) is 10.2 Å². The van der Waals surface area contributed by atoms with Gasteiger partial charge in [-0.25, -0.2) is 0 Å². The van der Waals surface area contributed by atoms with E-state index < -0.39 is 11.5 Å². The lowest BCUT2D eigenvalue weighted by atomic mass is 9.93. The summed E-state index contributed by atoms with van der Waals surface area (Å²) in [5.74, 6) is 1.75. The molecule has 1 aliphatic carbocycles. The molecule has 1 fully saturated rings. The van der Waals surface area contributed by atoms with Gasteiger partial charge in [-0.1, -0.05) is 24.3 Å². The molecule has 0 aliphatic heterocycles. The SMILES string of the molecule is COc1ccc(C(O)CNC(=O)C2(c3ccccc3OC)CC2)cc1OC. The first-order valence-electron chi connectivity index (χ1n) is 8.87. The van der Waals surface area contributed by atoms with Crippen LogP contribution in [0, 0.1) is 0 Å². The number of amides is 1. The van der Waals surface area contributed by atoms with E-state index in [0.717, 1.165) is 18.4 Å². The second-order valence-electron chi connectivity index (χ2n) is 6.62. The minimum Gasteiger partial charge on any atom is -0.496 e. The number of aliphatic hydroxyl groups is 1. The lowest BCUT2D eigenvalue weighted by Gasteiger charge is -2.20. The van der Waals surface area contributed by atoms with Crippen molar-refractivity contribution in [2.24, 2.45) is 0 Å². The van der Waals surface area contributed by atoms with Crippen LogP contribution in [0.3, 0.4) is 0 Å². The Kier molecular flexibility index (Phi) is 5.56. The molecule has 0 heterocycles. The predicted molar refractivity (Wildman–Crippen MR) is 101 cm³/mol. The molecule has 6 nitrogen and oxygen atoms in total. The van der Waals surface area contributed by atoms with E-state index in [4.69, 9.17) is 14.2 Å². The zero-order valence-electron chi connectivity index (χ0n) is 15.8. The van der Waals surface area contributed by atoms with E-state index in [2.05, 4.69) is 5.32 Å². The van der Waals surface area contributed by atoms with Crippen LogP contribution in [0.25, 0.3) is 0 Å². The highest BCUT2D eigenvalue weighted by Gasteiger charge is 2.52. The standard InChI is InChI=1S/C21H25NO5/c1-25-17-7-5-4-6-15(17)21(10-11-21)20(24)22-13-16(23)14-8-9-18(26-2)19(12-14)27-3/h4-9,12,16,23H,10-11,13H2,1-3H3,(H,22,24). The smallest absolute Gasteiger partial charge is 0.230 e. The monoisotopic (exact) mass is 371 g/mol. The third-order valence-electron chi connectivity index (χ3n) is 5.06. The lowest BCUT2D eigenvalue weighted by Crippen LogP contribution is -2.37. The molecule has 2 N–H and O–H groups in total. The van der Waals surface area contributed by atoms with E-state index in [1.807, 2.05) is 24.3 Å². The van der Waals surface area contributed by atoms with Crippen LogP contribution in [0.5, 0.6) is 17.2 Å². The maximum atomic E-state index is 12.8. The number of carbonyl (C=O) groups excluding carboxylic acids is 1. The van der Waals surface area contributed by atoms with E-state index in [1.165, 1.54) is 0 Å². The van der Waals surface area contributed by atoms with Crippen molar-refractivity contribution < 1.29 is 24.1 Å². The number of nitrogens with one attached hydrogen (secondary N) is 1. The van der Waals surface area contributed by atoms with Crippen LogP contribution in [0.2, 0.25) is 0 Å². The van der Waals surface area contributed by atoms with Crippen molar-refractivity contribution in [2.75, 3.05) is 27.9 Å². The molecule has 144 valence electrons. The van der Waals surface area contributed by atoms with Crippen molar-refractivity contribution >= 4 is 5.91 Å². The average Bonchev–Trinajstić information content (AvgIpc) is 3.53. The summed E-state index contributed by atoms with van der Waals surface area (Å²) in [6.07, 6.45) is 0.694. The Hall–Kier alpha value is -2.73. The number of methoxy groups -OCH3 is 3. The zero-order chi connectivity index (χ0) is 19.4. The first-order valence-corrected chi connectivity index (χ1v) is 8.87. The van der Waals surface area contributed by atoms with Gasteiger partial charge >= 0.3 is 0 Å². The molecule has 27 heavy (non-hydrogen) atoms. The Morgan fingerprint density at radius 1 is 1.04 bits per heavy atom. The van der Waals surface area contributed by atoms with Crippen molar-refractivity contribution in [3.05, 3.63) is 53.6 Å². The van der Waals surface area contributed by atoms with Crippen LogP contribution >= 0.6 is 0 Å². The highest BCUT2D eigenvalue weighted by Crippen LogP contribution is 2.51. The predicted octanol–water partition coefficient (Wildman–Crippen LogP) is 2.59. The molecule has 1 amide bonds. The zero-order valence-corrected chi connectivity index (χ0v) is 15.8. The number of carbonyl (C=O) groups is 1. The van der Waals surface area contributed by atoms with Gasteiger partial charge in [-0.3, -0.25) is 4.79 Å². The summed E-state index contributed by atoms with van der Waals surface area (Å²) in [6, 6.07) is 12.8. The topological polar surface area (TPSA) is 77.0 Å². The maximum Gasteiger partial charge on any atom is 0.230 e. The molecule has 1 unspecified atom stereocenters. The fourth-order valence-corrected chi connectivity index (χ4v) is 3.32. The molecule has 1 saturated carbocycles. The van der Waals surface area contributed by atoms with Gasteiger partial charge in [0, 0.05) is 12.1 Å². The fourth-order valence-electron chi connectivity index (χ4n) is 3.32. The summed E-state index contributed by atoms with van der Waals surface area (Å²) in [5, 5.41) is 13.4. The fraction of sp³-hybridized carbons (Fsp3) is 0.381. The van der Waals surface area contributed by atoms with Gasteiger partial charge < -0.3 is 24.6 Å². The summed E-state index contributed by atoms with van der Waals surface area (Å²) in [6.45, 7) is 0.116. The van der Waals surface area contributed by atoms with Gasteiger partial charge in [0.1, 0.15) is 5.75 Å². The van der Waals surface area contributed by atoms with E-state index >= 15 is 0 Å². The van der Waals surface area contributed by atoms with Crippen molar-refractivity contribution in [3.63, 3.8) is 0 Å². The molecular formula is C21H25NO5. The van der Waals surface area contributed by atoms with Gasteiger partial charge in [-0.05, 0) is 36.6 Å². The molecule has 0 saturated heterocycles. The average molecular weight is 371 g/mol. The molecule has 1 atom stereocenters. The second kappa shape index (κ2) is 7.88. The first-order chi connectivity index (χ1) is 13.1. The van der Waals surface area contributed by atoms with E-state index in [0.29, 0.717) is 22.8 Å². The van der Waals surface area contributed by atoms with Crippen molar-refractivity contribution in [1.82, 2.24) is 5.32 Å². The third kappa shape index (κ3) is 3.71. The highest BCUT2D eigenvalue weighted by molar-refractivity contribution is 5.92. The number of ether oxygens (including phenoxy) is 3. The number of rotatable bonds is 8. The second-order valence-corrected chi connectivity index (χ2v) is 6.62. The maximum absolute atomic E-state index is 12.8. The molecule has 2 aromatic carbocycles. The molecule has 0 aromatic heterocycles. The van der Waals surface area contributed by atoms with Gasteiger partial charge in [-0.2, -0.15) is 0 Å². The third-order valence-corrected chi connectivity index (χ3v) is 5.06. The van der Waals surface area contributed by atoms with Gasteiger partial charge in [0.05, 0.1) is 32.8 Å². The molecular weight excluding hydrogens is 346 g/mol. The van der Waals surface area contributed by atoms with Crippen molar-refractivity contribution in [1.29, 1.82) is 0 Å². The summed E-state index contributed by atoms with van der Waals surface area (Å²) in [4.78, 5) is 12.8. The van der Waals surface area contributed by atoms with Crippen molar-refractivity contribution in [3.8, 4) is 17.2 Å². The Morgan fingerprint density at radius 2 is 1.70 bits per heavy atom. The number of aliphatic hydroxyl groups excluding tert-OH is 1. The van der Waals surface area contributed by atoms with Crippen LogP contribution in [-0.4, -0.2) is 38.9 Å². The van der Waals surface area contributed by atoms with Crippen molar-refractivity contribution in [2.45, 2.75) is 24.4 Å². The van der Waals surface area contributed by atoms with Crippen LogP contribution in [0.4, 0.5) is 0 Å². The molecule has 0 spiro atoms. The molecule has 0 bridgehead atoms. The van der Waals surface area contributed by atoms with Gasteiger partial charge in [0.15, 0.2) is 11.5 Å². The van der Waals surface area contributed by atoms with Gasteiger partial charge in [-0.15, -0.1) is 0 Å². The normalized spacial score (nSPS) is 15.6. The summed E-state index contributed by atoms with van der Waals surface area (Å²) in [7, 11) is 4.70. The summed E-state index contributed by atoms with van der Waals surface area (Å²) >= 11 is 0. The van der Waals surface area contributed by atoms with E-state index in [-0.39, 0.29) is 12.5 Å². The molecule has 6 heteroatoms. The van der Waals surface area contributed by atoms with Crippen LogP contribution < -0.4 is 19.5 Å². The van der Waals surface area contributed by atoms with Gasteiger partial charge in [0.2, 0.25) is 5.91 Å². The summed E-state index contributed by atoms with van der Waals surface area (Å²) in [5.41, 5.74) is 0.977. The lowest BCUT2D eigenvalue weighted by molar-refractivity contribution is -0.124. The number of para-hydroxylation sites is 1. The van der Waals surface area contributed by atoms with Crippen LogP contribution in [0.1, 0.15) is 30.1 Å². The molecule has 3 rings (SSSR count). The largest absolute Gasteiger partial charge is 0.496 e. The molecule has 2 aromatic rings. The molecule has 0 radical (unpaired) electrons. The minimum absolute atomic E-state index is 0.0912. The van der Waals surface area contributed by atoms with E-state index in [9.17, 15) is 9.90 Å². The Labute approximate surface area is 159 Å².